The molecule has 8 nitrogen and oxygen atoms in total. The van der Waals surface area contributed by atoms with E-state index in [1.54, 1.807) is 18.2 Å². The Balaban J connectivity index is 1.99. The molecule has 1 N–H and O–H groups in total. The Labute approximate surface area is 137 Å². The van der Waals surface area contributed by atoms with E-state index < -0.39 is 5.91 Å². The van der Waals surface area contributed by atoms with Gasteiger partial charge in [0.15, 0.2) is 0 Å². The van der Waals surface area contributed by atoms with Crippen molar-refractivity contribution in [3.8, 4) is 6.07 Å². The average Bonchev–Trinajstić information content (AvgIpc) is 2.93. The molecule has 3 rings (SSSR count). The van der Waals surface area contributed by atoms with Gasteiger partial charge in [0.25, 0.3) is 11.5 Å². The number of rotatable bonds is 3. The third-order valence-electron chi connectivity index (χ3n) is 3.61. The molecule has 1 amide bonds. The van der Waals surface area contributed by atoms with E-state index in [2.05, 4.69) is 21.5 Å². The monoisotopic (exact) mass is 322 g/mol. The molecular formula is C16H14N6O2. The number of aromatic nitrogens is 4. The molecule has 0 bridgehead atoms. The van der Waals surface area contributed by atoms with Gasteiger partial charge in [-0.15, -0.1) is 0 Å². The van der Waals surface area contributed by atoms with Crippen molar-refractivity contribution < 1.29 is 4.79 Å². The molecule has 0 saturated heterocycles. The van der Waals surface area contributed by atoms with E-state index in [1.807, 2.05) is 11.5 Å². The number of carbonyl (C=O) groups is 1. The van der Waals surface area contributed by atoms with Gasteiger partial charge < -0.3 is 4.57 Å². The zero-order valence-electron chi connectivity index (χ0n) is 13.1. The maximum absolute atomic E-state index is 12.4. The summed E-state index contributed by atoms with van der Waals surface area (Å²) in [6, 6.07) is 9.88. The summed E-state index contributed by atoms with van der Waals surface area (Å²) >= 11 is 0. The second kappa shape index (κ2) is 5.96. The molecule has 2 aromatic heterocycles. The van der Waals surface area contributed by atoms with Crippen LogP contribution in [0.1, 0.15) is 23.0 Å². The van der Waals surface area contributed by atoms with Crippen LogP contribution < -0.4 is 10.9 Å². The van der Waals surface area contributed by atoms with Crippen LogP contribution in [0.5, 0.6) is 0 Å². The van der Waals surface area contributed by atoms with Crippen LogP contribution in [0, 0.1) is 11.3 Å². The molecule has 0 saturated carbocycles. The van der Waals surface area contributed by atoms with Gasteiger partial charge in [0, 0.05) is 19.7 Å². The van der Waals surface area contributed by atoms with Crippen LogP contribution in [0.2, 0.25) is 0 Å². The molecule has 1 aromatic carbocycles. The van der Waals surface area contributed by atoms with Gasteiger partial charge in [-0.3, -0.25) is 14.9 Å². The molecule has 0 atom stereocenters. The lowest BCUT2D eigenvalue weighted by Gasteiger charge is -2.07. The Morgan fingerprint density at radius 3 is 2.79 bits per heavy atom. The zero-order valence-corrected chi connectivity index (χ0v) is 13.1. The first-order valence-electron chi connectivity index (χ1n) is 7.29. The van der Waals surface area contributed by atoms with Crippen molar-refractivity contribution in [2.24, 2.45) is 7.05 Å². The minimum atomic E-state index is -0.462. The van der Waals surface area contributed by atoms with Gasteiger partial charge in [0.05, 0.1) is 22.7 Å². The minimum absolute atomic E-state index is 0.115. The number of hydrogen-bond acceptors (Lipinski definition) is 5. The number of amides is 1. The number of hydrogen-bond donors (Lipinski definition) is 1. The highest BCUT2D eigenvalue weighted by Crippen LogP contribution is 2.21. The van der Waals surface area contributed by atoms with Crippen LogP contribution in [-0.4, -0.2) is 25.2 Å². The minimum Gasteiger partial charge on any atom is -0.310 e. The van der Waals surface area contributed by atoms with E-state index >= 15 is 0 Å². The van der Waals surface area contributed by atoms with Crippen LogP contribution in [-0.2, 0) is 13.6 Å². The SMILES string of the molecule is CCn1c(NC(=O)c2ccc(=O)n(C)n2)nc2cc(C#N)ccc21. The molecule has 0 aliphatic rings. The number of benzene rings is 1. The largest absolute Gasteiger partial charge is 0.310 e. The highest BCUT2D eigenvalue weighted by molar-refractivity contribution is 6.02. The van der Waals surface area contributed by atoms with Gasteiger partial charge in [-0.05, 0) is 31.2 Å². The summed E-state index contributed by atoms with van der Waals surface area (Å²) in [5.41, 5.74) is 1.77. The second-order valence-electron chi connectivity index (χ2n) is 5.13. The normalized spacial score (nSPS) is 10.5. The molecule has 0 unspecified atom stereocenters. The Bertz CT molecular complexity index is 1040. The summed E-state index contributed by atoms with van der Waals surface area (Å²) in [5.74, 6) is -0.0978. The fourth-order valence-corrected chi connectivity index (χ4v) is 2.40. The van der Waals surface area contributed by atoms with Crippen molar-refractivity contribution in [3.05, 3.63) is 51.9 Å². The number of nitrogens with zero attached hydrogens (tertiary/aromatic N) is 5. The van der Waals surface area contributed by atoms with Crippen LogP contribution in [0.15, 0.2) is 35.1 Å². The third-order valence-corrected chi connectivity index (χ3v) is 3.61. The van der Waals surface area contributed by atoms with Crippen LogP contribution in [0.25, 0.3) is 11.0 Å². The average molecular weight is 322 g/mol. The number of aryl methyl sites for hydroxylation is 2. The van der Waals surface area contributed by atoms with Gasteiger partial charge in [-0.1, -0.05) is 0 Å². The van der Waals surface area contributed by atoms with Gasteiger partial charge >= 0.3 is 0 Å². The van der Waals surface area contributed by atoms with Crippen molar-refractivity contribution in [2.75, 3.05) is 5.32 Å². The number of fused-ring (bicyclic) bond motifs is 1. The van der Waals surface area contributed by atoms with Crippen LogP contribution in [0.4, 0.5) is 5.95 Å². The Kier molecular flexibility index (Phi) is 3.83. The standard InChI is InChI=1S/C16H14N6O2/c1-3-22-13-6-4-10(9-17)8-12(13)18-16(22)19-15(24)11-5-7-14(23)21(2)20-11/h4-8H,3H2,1-2H3,(H,18,19,24). The number of nitriles is 1. The molecule has 3 aromatic rings. The number of nitrogens with one attached hydrogen (secondary N) is 1. The molecular weight excluding hydrogens is 308 g/mol. The van der Waals surface area contributed by atoms with Gasteiger partial charge in [0.1, 0.15) is 5.69 Å². The number of carbonyl (C=O) groups excluding carboxylic acids is 1. The molecule has 0 radical (unpaired) electrons. The molecule has 8 heteroatoms. The Morgan fingerprint density at radius 1 is 1.33 bits per heavy atom. The predicted molar refractivity (Wildman–Crippen MR) is 87.6 cm³/mol. The Hall–Kier alpha value is -3.47. The summed E-state index contributed by atoms with van der Waals surface area (Å²) < 4.78 is 2.92. The maximum Gasteiger partial charge on any atom is 0.278 e. The van der Waals surface area contributed by atoms with Crippen LogP contribution in [0.3, 0.4) is 0 Å². The molecule has 0 spiro atoms. The first-order valence-corrected chi connectivity index (χ1v) is 7.29. The molecule has 0 aliphatic heterocycles. The predicted octanol–water partition coefficient (Wildman–Crippen LogP) is 1.27. The molecule has 0 aliphatic carbocycles. The highest BCUT2D eigenvalue weighted by atomic mass is 16.2. The second-order valence-corrected chi connectivity index (χ2v) is 5.13. The van der Waals surface area contributed by atoms with Gasteiger partial charge in [0.2, 0.25) is 5.95 Å². The first kappa shape index (κ1) is 15.4. The lowest BCUT2D eigenvalue weighted by Crippen LogP contribution is -2.24. The summed E-state index contributed by atoms with van der Waals surface area (Å²) in [6.07, 6.45) is 0. The van der Waals surface area contributed by atoms with Crippen molar-refractivity contribution in [1.29, 1.82) is 5.26 Å². The maximum atomic E-state index is 12.4. The highest BCUT2D eigenvalue weighted by Gasteiger charge is 2.15. The molecule has 120 valence electrons. The van der Waals surface area contributed by atoms with E-state index in [9.17, 15) is 9.59 Å². The summed E-state index contributed by atoms with van der Waals surface area (Å²) in [4.78, 5) is 28.1. The first-order chi connectivity index (χ1) is 11.5. The van der Waals surface area contributed by atoms with Crippen molar-refractivity contribution in [3.63, 3.8) is 0 Å². The third kappa shape index (κ3) is 2.63. The summed E-state index contributed by atoms with van der Waals surface area (Å²) in [5, 5.41) is 15.6. The lowest BCUT2D eigenvalue weighted by atomic mass is 10.2. The van der Waals surface area contributed by atoms with Crippen molar-refractivity contribution in [2.45, 2.75) is 13.5 Å². The van der Waals surface area contributed by atoms with E-state index in [0.29, 0.717) is 23.6 Å². The van der Waals surface area contributed by atoms with Crippen molar-refractivity contribution in [1.82, 2.24) is 19.3 Å². The van der Waals surface area contributed by atoms with Crippen molar-refractivity contribution >= 4 is 22.9 Å². The fourth-order valence-electron chi connectivity index (χ4n) is 2.40. The van der Waals surface area contributed by atoms with E-state index in [0.717, 1.165) is 10.2 Å². The molecule has 0 fully saturated rings. The summed E-state index contributed by atoms with van der Waals surface area (Å²) in [7, 11) is 1.48. The topological polar surface area (TPSA) is 106 Å². The zero-order chi connectivity index (χ0) is 17.3. The summed E-state index contributed by atoms with van der Waals surface area (Å²) in [6.45, 7) is 2.53. The number of anilines is 1. The van der Waals surface area contributed by atoms with E-state index in [-0.39, 0.29) is 11.3 Å². The van der Waals surface area contributed by atoms with Gasteiger partial charge in [-0.2, -0.15) is 10.4 Å². The quantitative estimate of drug-likeness (QED) is 0.782. The fraction of sp³-hybridized carbons (Fsp3) is 0.188. The lowest BCUT2D eigenvalue weighted by molar-refractivity contribution is 0.101. The van der Waals surface area contributed by atoms with Gasteiger partial charge in [-0.25, -0.2) is 9.67 Å². The van der Waals surface area contributed by atoms with E-state index in [4.69, 9.17) is 5.26 Å². The van der Waals surface area contributed by atoms with E-state index in [1.165, 1.54) is 19.2 Å². The number of imidazole rings is 1. The molecule has 2 heterocycles. The molecule has 24 heavy (non-hydrogen) atoms. The Morgan fingerprint density at radius 2 is 2.12 bits per heavy atom. The smallest absolute Gasteiger partial charge is 0.278 e. The van der Waals surface area contributed by atoms with Crippen LogP contribution >= 0.6 is 0 Å².